The first kappa shape index (κ1) is 7.42. The molecule has 1 aromatic carbocycles. The molecule has 0 atom stereocenters. The van der Waals surface area contributed by atoms with Crippen molar-refractivity contribution in [2.75, 3.05) is 5.75 Å². The summed E-state index contributed by atoms with van der Waals surface area (Å²) >= 11 is 1.78. The number of hydrogen-bond donors (Lipinski definition) is 0. The van der Waals surface area contributed by atoms with Crippen LogP contribution in [0.3, 0.4) is 0 Å². The second kappa shape index (κ2) is 4.18. The second-order valence-electron chi connectivity index (χ2n) is 1.84. The highest BCUT2D eigenvalue weighted by atomic mass is 32.2. The van der Waals surface area contributed by atoms with Crippen LogP contribution in [0, 0.1) is 6.07 Å². The summed E-state index contributed by atoms with van der Waals surface area (Å²) < 4.78 is 0. The highest BCUT2D eigenvalue weighted by Crippen LogP contribution is 2.15. The molecule has 0 aromatic heterocycles. The van der Waals surface area contributed by atoms with Crippen molar-refractivity contribution < 1.29 is 0 Å². The molecular formula is C9H9S. The van der Waals surface area contributed by atoms with Crippen molar-refractivity contribution in [2.24, 2.45) is 0 Å². The van der Waals surface area contributed by atoms with Crippen molar-refractivity contribution in [2.45, 2.75) is 4.90 Å². The number of thioether (sulfide) groups is 1. The quantitative estimate of drug-likeness (QED) is 0.470. The smallest absolute Gasteiger partial charge is 0.0158 e. The molecule has 0 heterocycles. The Morgan fingerprint density at radius 1 is 1.50 bits per heavy atom. The summed E-state index contributed by atoms with van der Waals surface area (Å²) in [5.41, 5.74) is 0. The molecule has 0 N–H and O–H groups in total. The van der Waals surface area contributed by atoms with Gasteiger partial charge in [0.1, 0.15) is 0 Å². The van der Waals surface area contributed by atoms with Gasteiger partial charge >= 0.3 is 0 Å². The van der Waals surface area contributed by atoms with E-state index in [2.05, 4.69) is 12.6 Å². The fourth-order valence-electron chi connectivity index (χ4n) is 0.623. The molecule has 0 aliphatic rings. The standard InChI is InChI=1S/C9H9S/c1-2-8-10-9-6-4-3-5-7-9/h2,4-7H,1,8H2. The lowest BCUT2D eigenvalue weighted by Gasteiger charge is -1.94. The van der Waals surface area contributed by atoms with Crippen LogP contribution < -0.4 is 0 Å². The average Bonchev–Trinajstić information content (AvgIpc) is 2.03. The van der Waals surface area contributed by atoms with Crippen molar-refractivity contribution in [3.63, 3.8) is 0 Å². The highest BCUT2D eigenvalue weighted by Gasteiger charge is 1.86. The van der Waals surface area contributed by atoms with Gasteiger partial charge in [-0.25, -0.2) is 0 Å². The van der Waals surface area contributed by atoms with Crippen LogP contribution in [0.15, 0.2) is 41.8 Å². The molecule has 0 fully saturated rings. The Kier molecular flexibility index (Phi) is 3.10. The number of benzene rings is 1. The van der Waals surface area contributed by atoms with Crippen molar-refractivity contribution in [1.29, 1.82) is 0 Å². The van der Waals surface area contributed by atoms with Gasteiger partial charge in [0.15, 0.2) is 0 Å². The Bertz CT molecular complexity index is 191. The lowest BCUT2D eigenvalue weighted by Crippen LogP contribution is -1.70. The first-order valence-corrected chi connectivity index (χ1v) is 4.12. The predicted molar refractivity (Wildman–Crippen MR) is 46.2 cm³/mol. The SMILES string of the molecule is C=CCSc1cc[c]cc1. The third-order valence-corrected chi connectivity index (χ3v) is 2.06. The van der Waals surface area contributed by atoms with Crippen LogP contribution in [0.25, 0.3) is 0 Å². The largest absolute Gasteiger partial charge is 0.122 e. The van der Waals surface area contributed by atoms with Gasteiger partial charge in [-0.2, -0.15) is 0 Å². The van der Waals surface area contributed by atoms with Crippen LogP contribution >= 0.6 is 11.8 Å². The van der Waals surface area contributed by atoms with E-state index in [0.29, 0.717) is 0 Å². The van der Waals surface area contributed by atoms with Crippen LogP contribution in [0.5, 0.6) is 0 Å². The zero-order valence-electron chi connectivity index (χ0n) is 5.71. The summed E-state index contributed by atoms with van der Waals surface area (Å²) in [6.45, 7) is 3.65. The predicted octanol–water partition coefficient (Wildman–Crippen LogP) is 2.76. The van der Waals surface area contributed by atoms with Gasteiger partial charge in [0, 0.05) is 10.6 Å². The van der Waals surface area contributed by atoms with Gasteiger partial charge in [0.25, 0.3) is 0 Å². The van der Waals surface area contributed by atoms with Gasteiger partial charge in [-0.15, -0.1) is 18.3 Å². The molecule has 1 rings (SSSR count). The Morgan fingerprint density at radius 2 is 2.20 bits per heavy atom. The zero-order valence-corrected chi connectivity index (χ0v) is 6.53. The van der Waals surface area contributed by atoms with Crippen LogP contribution in [0.4, 0.5) is 0 Å². The van der Waals surface area contributed by atoms with E-state index in [1.165, 1.54) is 4.90 Å². The van der Waals surface area contributed by atoms with E-state index >= 15 is 0 Å². The van der Waals surface area contributed by atoms with E-state index in [1.54, 1.807) is 11.8 Å². The molecule has 0 aliphatic heterocycles. The third kappa shape index (κ3) is 2.28. The minimum atomic E-state index is 0.976. The molecule has 51 valence electrons. The van der Waals surface area contributed by atoms with Crippen LogP contribution in [0.1, 0.15) is 0 Å². The summed E-state index contributed by atoms with van der Waals surface area (Å²) in [5, 5.41) is 0. The molecule has 0 amide bonds. The third-order valence-electron chi connectivity index (χ3n) is 1.06. The van der Waals surface area contributed by atoms with Crippen molar-refractivity contribution in [3.8, 4) is 0 Å². The summed E-state index contributed by atoms with van der Waals surface area (Å²) in [6, 6.07) is 10.9. The molecule has 0 nitrogen and oxygen atoms in total. The number of rotatable bonds is 3. The Balaban J connectivity index is 2.50. The van der Waals surface area contributed by atoms with E-state index in [1.807, 2.05) is 30.3 Å². The lowest BCUT2D eigenvalue weighted by molar-refractivity contribution is 1.45. The first-order valence-electron chi connectivity index (χ1n) is 3.13. The maximum absolute atomic E-state index is 3.65. The summed E-state index contributed by atoms with van der Waals surface area (Å²) in [7, 11) is 0. The molecule has 1 radical (unpaired) electrons. The van der Waals surface area contributed by atoms with Gasteiger partial charge in [0.2, 0.25) is 0 Å². The minimum Gasteiger partial charge on any atom is -0.122 e. The van der Waals surface area contributed by atoms with Crippen molar-refractivity contribution in [3.05, 3.63) is 43.0 Å². The van der Waals surface area contributed by atoms with Crippen molar-refractivity contribution in [1.82, 2.24) is 0 Å². The maximum Gasteiger partial charge on any atom is 0.0158 e. The molecule has 0 aliphatic carbocycles. The van der Waals surface area contributed by atoms with Gasteiger partial charge in [-0.05, 0) is 18.2 Å². The topological polar surface area (TPSA) is 0 Å². The normalized spacial score (nSPS) is 9.20. The molecule has 1 heteroatoms. The van der Waals surface area contributed by atoms with E-state index in [-0.39, 0.29) is 0 Å². The minimum absolute atomic E-state index is 0.976. The molecular weight excluding hydrogens is 140 g/mol. The van der Waals surface area contributed by atoms with E-state index in [9.17, 15) is 0 Å². The van der Waals surface area contributed by atoms with Crippen LogP contribution in [0.2, 0.25) is 0 Å². The molecule has 0 unspecified atom stereocenters. The Morgan fingerprint density at radius 3 is 2.80 bits per heavy atom. The molecule has 0 saturated carbocycles. The van der Waals surface area contributed by atoms with Gasteiger partial charge < -0.3 is 0 Å². The Labute approximate surface area is 66.0 Å². The van der Waals surface area contributed by atoms with Gasteiger partial charge in [0.05, 0.1) is 0 Å². The fraction of sp³-hybridized carbons (Fsp3) is 0.111. The molecule has 0 spiro atoms. The maximum atomic E-state index is 3.65. The van der Waals surface area contributed by atoms with Crippen LogP contribution in [-0.2, 0) is 0 Å². The molecule has 0 bridgehead atoms. The molecule has 1 aromatic rings. The average molecular weight is 149 g/mol. The highest BCUT2D eigenvalue weighted by molar-refractivity contribution is 7.99. The molecule has 10 heavy (non-hydrogen) atoms. The van der Waals surface area contributed by atoms with Gasteiger partial charge in [-0.1, -0.05) is 18.2 Å². The van der Waals surface area contributed by atoms with E-state index < -0.39 is 0 Å². The zero-order chi connectivity index (χ0) is 7.23. The summed E-state index contributed by atoms with van der Waals surface area (Å²) in [4.78, 5) is 1.28. The van der Waals surface area contributed by atoms with Crippen LogP contribution in [-0.4, -0.2) is 5.75 Å². The second-order valence-corrected chi connectivity index (χ2v) is 2.93. The summed E-state index contributed by atoms with van der Waals surface area (Å²) in [6.07, 6.45) is 1.90. The van der Waals surface area contributed by atoms with Crippen molar-refractivity contribution >= 4 is 11.8 Å². The summed E-state index contributed by atoms with van der Waals surface area (Å²) in [5.74, 6) is 0.976. The van der Waals surface area contributed by atoms with Gasteiger partial charge in [-0.3, -0.25) is 0 Å². The monoisotopic (exact) mass is 149 g/mol. The lowest BCUT2D eigenvalue weighted by atomic mass is 10.4. The number of hydrogen-bond acceptors (Lipinski definition) is 1. The first-order chi connectivity index (χ1) is 4.93. The fourth-order valence-corrected chi connectivity index (χ4v) is 1.26. The van der Waals surface area contributed by atoms with E-state index in [4.69, 9.17) is 0 Å². The van der Waals surface area contributed by atoms with E-state index in [0.717, 1.165) is 5.75 Å². The molecule has 0 saturated heterocycles. The Hall–Kier alpha value is -0.690.